The molecule has 22 heavy (non-hydrogen) atoms. The standard InChI is InChI=1S/C16H16N4O2/c1-19(12-15-8-5-9-22-15)16(21)18-13-10-17-20(11-13)14-6-3-2-4-7-14/h2-11H,12H2,1H3,(H,18,21). The number of hydrogen-bond acceptors (Lipinski definition) is 3. The number of para-hydroxylation sites is 1. The molecule has 2 amide bonds. The van der Waals surface area contributed by atoms with Crippen LogP contribution in [-0.2, 0) is 6.54 Å². The highest BCUT2D eigenvalue weighted by atomic mass is 16.3. The van der Waals surface area contributed by atoms with Crippen LogP contribution < -0.4 is 5.32 Å². The van der Waals surface area contributed by atoms with Crippen molar-refractivity contribution in [3.63, 3.8) is 0 Å². The van der Waals surface area contributed by atoms with Gasteiger partial charge in [-0.2, -0.15) is 5.10 Å². The fraction of sp³-hybridized carbons (Fsp3) is 0.125. The third-order valence-electron chi connectivity index (χ3n) is 3.17. The number of furan rings is 1. The highest BCUT2D eigenvalue weighted by Gasteiger charge is 2.12. The van der Waals surface area contributed by atoms with Gasteiger partial charge in [-0.1, -0.05) is 18.2 Å². The van der Waals surface area contributed by atoms with Crippen LogP contribution in [0, 0.1) is 0 Å². The summed E-state index contributed by atoms with van der Waals surface area (Å²) in [7, 11) is 1.71. The highest BCUT2D eigenvalue weighted by molar-refractivity contribution is 5.88. The van der Waals surface area contributed by atoms with Gasteiger partial charge < -0.3 is 14.6 Å². The Kier molecular flexibility index (Phi) is 3.91. The van der Waals surface area contributed by atoms with Gasteiger partial charge in [0, 0.05) is 7.05 Å². The molecule has 0 unspecified atom stereocenters. The van der Waals surface area contributed by atoms with E-state index < -0.39 is 0 Å². The van der Waals surface area contributed by atoms with Crippen LogP contribution in [0.1, 0.15) is 5.76 Å². The van der Waals surface area contributed by atoms with Gasteiger partial charge in [-0.25, -0.2) is 9.48 Å². The largest absolute Gasteiger partial charge is 0.467 e. The van der Waals surface area contributed by atoms with Crippen LogP contribution in [0.3, 0.4) is 0 Å². The van der Waals surface area contributed by atoms with Gasteiger partial charge in [-0.3, -0.25) is 0 Å². The van der Waals surface area contributed by atoms with E-state index in [-0.39, 0.29) is 6.03 Å². The maximum atomic E-state index is 12.1. The van der Waals surface area contributed by atoms with E-state index in [2.05, 4.69) is 10.4 Å². The Morgan fingerprint density at radius 2 is 2.09 bits per heavy atom. The van der Waals surface area contributed by atoms with Crippen LogP contribution in [0.5, 0.6) is 0 Å². The van der Waals surface area contributed by atoms with Crippen molar-refractivity contribution in [1.29, 1.82) is 0 Å². The summed E-state index contributed by atoms with van der Waals surface area (Å²) in [5.74, 6) is 0.734. The van der Waals surface area contributed by atoms with Gasteiger partial charge in [0.15, 0.2) is 0 Å². The zero-order valence-corrected chi connectivity index (χ0v) is 12.1. The number of hydrogen-bond donors (Lipinski definition) is 1. The minimum absolute atomic E-state index is 0.219. The normalized spacial score (nSPS) is 10.4. The van der Waals surface area contributed by atoms with Crippen molar-refractivity contribution in [2.45, 2.75) is 6.54 Å². The first-order valence-corrected chi connectivity index (χ1v) is 6.87. The number of aromatic nitrogens is 2. The summed E-state index contributed by atoms with van der Waals surface area (Å²) in [6.07, 6.45) is 4.98. The van der Waals surface area contributed by atoms with Gasteiger partial charge in [0.25, 0.3) is 0 Å². The molecule has 0 atom stereocenters. The van der Waals surface area contributed by atoms with E-state index >= 15 is 0 Å². The molecule has 6 nitrogen and oxygen atoms in total. The minimum Gasteiger partial charge on any atom is -0.467 e. The van der Waals surface area contributed by atoms with Crippen LogP contribution >= 0.6 is 0 Å². The SMILES string of the molecule is CN(Cc1ccco1)C(=O)Nc1cnn(-c2ccccc2)c1. The first-order valence-electron chi connectivity index (χ1n) is 6.87. The van der Waals surface area contributed by atoms with Crippen LogP contribution in [0.4, 0.5) is 10.5 Å². The average Bonchev–Trinajstić information content (AvgIpc) is 3.20. The third-order valence-corrected chi connectivity index (χ3v) is 3.17. The number of benzene rings is 1. The molecule has 0 aliphatic heterocycles. The monoisotopic (exact) mass is 296 g/mol. The number of nitrogens with one attached hydrogen (secondary N) is 1. The van der Waals surface area contributed by atoms with Crippen molar-refractivity contribution in [3.8, 4) is 5.69 Å². The molecule has 3 rings (SSSR count). The number of nitrogens with zero attached hydrogens (tertiary/aromatic N) is 3. The van der Waals surface area contributed by atoms with Gasteiger partial charge in [0.05, 0.1) is 36.6 Å². The Bertz CT molecular complexity index is 735. The predicted molar refractivity (Wildman–Crippen MR) is 82.8 cm³/mol. The number of urea groups is 1. The summed E-state index contributed by atoms with van der Waals surface area (Å²) in [4.78, 5) is 13.7. The van der Waals surface area contributed by atoms with Gasteiger partial charge >= 0.3 is 6.03 Å². The third kappa shape index (κ3) is 3.17. The van der Waals surface area contributed by atoms with E-state index in [0.717, 1.165) is 11.4 Å². The summed E-state index contributed by atoms with van der Waals surface area (Å²) in [6.45, 7) is 0.408. The second-order valence-corrected chi connectivity index (χ2v) is 4.87. The van der Waals surface area contributed by atoms with Crippen molar-refractivity contribution in [1.82, 2.24) is 14.7 Å². The van der Waals surface area contributed by atoms with Crippen LogP contribution in [0.15, 0.2) is 65.5 Å². The zero-order chi connectivity index (χ0) is 15.4. The van der Waals surface area contributed by atoms with Crippen LogP contribution in [0.25, 0.3) is 5.69 Å². The zero-order valence-electron chi connectivity index (χ0n) is 12.1. The molecule has 0 saturated heterocycles. The lowest BCUT2D eigenvalue weighted by atomic mass is 10.3. The molecule has 2 heterocycles. The number of amides is 2. The molecular formula is C16H16N4O2. The lowest BCUT2D eigenvalue weighted by Gasteiger charge is -2.15. The Morgan fingerprint density at radius 1 is 1.27 bits per heavy atom. The minimum atomic E-state index is -0.219. The molecule has 0 fully saturated rings. The summed E-state index contributed by atoms with van der Waals surface area (Å²) < 4.78 is 6.94. The van der Waals surface area contributed by atoms with Gasteiger partial charge in [0.2, 0.25) is 0 Å². The van der Waals surface area contributed by atoms with E-state index in [1.807, 2.05) is 36.4 Å². The Hall–Kier alpha value is -3.02. The molecule has 3 aromatic rings. The number of anilines is 1. The van der Waals surface area contributed by atoms with Gasteiger partial charge in [-0.05, 0) is 24.3 Å². The number of rotatable bonds is 4. The van der Waals surface area contributed by atoms with Crippen LogP contribution in [-0.4, -0.2) is 27.8 Å². The Balaban J connectivity index is 1.63. The summed E-state index contributed by atoms with van der Waals surface area (Å²) >= 11 is 0. The molecular weight excluding hydrogens is 280 g/mol. The average molecular weight is 296 g/mol. The fourth-order valence-electron chi connectivity index (χ4n) is 2.04. The topological polar surface area (TPSA) is 63.3 Å². The maximum absolute atomic E-state index is 12.1. The first-order chi connectivity index (χ1) is 10.7. The van der Waals surface area contributed by atoms with Crippen LogP contribution in [0.2, 0.25) is 0 Å². The fourth-order valence-corrected chi connectivity index (χ4v) is 2.04. The van der Waals surface area contributed by atoms with Crippen molar-refractivity contribution < 1.29 is 9.21 Å². The van der Waals surface area contributed by atoms with Crippen molar-refractivity contribution in [2.24, 2.45) is 0 Å². The molecule has 0 saturated carbocycles. The van der Waals surface area contributed by atoms with E-state index in [1.54, 1.807) is 41.4 Å². The molecule has 0 aliphatic carbocycles. The van der Waals surface area contributed by atoms with Gasteiger partial charge in [-0.15, -0.1) is 0 Å². The van der Waals surface area contributed by atoms with E-state index in [1.165, 1.54) is 0 Å². The molecule has 0 bridgehead atoms. The second-order valence-electron chi connectivity index (χ2n) is 4.87. The number of carbonyl (C=O) groups excluding carboxylic acids is 1. The molecule has 1 N–H and O–H groups in total. The second kappa shape index (κ2) is 6.17. The molecule has 1 aromatic carbocycles. The molecule has 2 aromatic heterocycles. The van der Waals surface area contributed by atoms with E-state index in [4.69, 9.17) is 4.42 Å². The highest BCUT2D eigenvalue weighted by Crippen LogP contribution is 2.12. The summed E-state index contributed by atoms with van der Waals surface area (Å²) in [5.41, 5.74) is 1.58. The quantitative estimate of drug-likeness (QED) is 0.804. The molecule has 0 spiro atoms. The molecule has 112 valence electrons. The van der Waals surface area contributed by atoms with Crippen molar-refractivity contribution in [2.75, 3.05) is 12.4 Å². The van der Waals surface area contributed by atoms with Crippen molar-refractivity contribution >= 4 is 11.7 Å². The van der Waals surface area contributed by atoms with Gasteiger partial charge in [0.1, 0.15) is 5.76 Å². The predicted octanol–water partition coefficient (Wildman–Crippen LogP) is 3.13. The first kappa shape index (κ1) is 13.9. The molecule has 6 heteroatoms. The number of carbonyl (C=O) groups is 1. The Labute approximate surface area is 128 Å². The maximum Gasteiger partial charge on any atom is 0.322 e. The summed E-state index contributed by atoms with van der Waals surface area (Å²) in [6, 6.07) is 13.1. The lowest BCUT2D eigenvalue weighted by molar-refractivity contribution is 0.217. The van der Waals surface area contributed by atoms with Crippen molar-refractivity contribution in [3.05, 3.63) is 66.9 Å². The smallest absolute Gasteiger partial charge is 0.322 e. The molecule has 0 aliphatic rings. The molecule has 0 radical (unpaired) electrons. The Morgan fingerprint density at radius 3 is 2.82 bits per heavy atom. The van der Waals surface area contributed by atoms with E-state index in [9.17, 15) is 4.79 Å². The van der Waals surface area contributed by atoms with E-state index in [0.29, 0.717) is 12.2 Å². The lowest BCUT2D eigenvalue weighted by Crippen LogP contribution is -2.30. The summed E-state index contributed by atoms with van der Waals surface area (Å²) in [5, 5.41) is 7.05.